The van der Waals surface area contributed by atoms with Crippen molar-refractivity contribution in [3.8, 4) is 0 Å². The number of hydrogen-bond acceptors (Lipinski definition) is 5. The molecule has 18 heavy (non-hydrogen) atoms. The van der Waals surface area contributed by atoms with E-state index in [1.165, 1.54) is 18.5 Å². The number of hydrogen-bond donors (Lipinski definition) is 0. The van der Waals surface area contributed by atoms with Gasteiger partial charge in [-0.05, 0) is 19.9 Å². The van der Waals surface area contributed by atoms with Crippen molar-refractivity contribution in [1.82, 2.24) is 4.98 Å². The molecule has 1 aliphatic rings. The van der Waals surface area contributed by atoms with Crippen molar-refractivity contribution < 1.29 is 14.5 Å². The minimum atomic E-state index is -0.586. The van der Waals surface area contributed by atoms with E-state index in [1.807, 2.05) is 13.8 Å². The predicted octanol–water partition coefficient (Wildman–Crippen LogP) is 2.19. The third-order valence-corrected chi connectivity index (χ3v) is 2.87. The van der Waals surface area contributed by atoms with E-state index in [2.05, 4.69) is 4.98 Å². The fourth-order valence-electron chi connectivity index (χ4n) is 2.22. The summed E-state index contributed by atoms with van der Waals surface area (Å²) in [6.07, 6.45) is 2.60. The lowest BCUT2D eigenvalue weighted by Gasteiger charge is -2.35. The average molecular weight is 250 g/mol. The number of aromatic nitrogens is 1. The van der Waals surface area contributed by atoms with Gasteiger partial charge in [0.2, 0.25) is 0 Å². The molecular weight excluding hydrogens is 236 g/mol. The minimum absolute atomic E-state index is 0.0577. The summed E-state index contributed by atoms with van der Waals surface area (Å²) >= 11 is 0. The number of ether oxygens (including phenoxy) is 1. The Hall–Kier alpha value is -1.82. The third kappa shape index (κ3) is 2.53. The fraction of sp³-hybridized carbons (Fsp3) is 0.500. The molecule has 6 heteroatoms. The van der Waals surface area contributed by atoms with Crippen molar-refractivity contribution in [2.24, 2.45) is 0 Å². The van der Waals surface area contributed by atoms with Gasteiger partial charge in [0.1, 0.15) is 12.0 Å². The number of nitro groups is 1. The first kappa shape index (κ1) is 12.6. The Balaban J connectivity index is 2.37. The van der Waals surface area contributed by atoms with Gasteiger partial charge in [-0.2, -0.15) is 0 Å². The van der Waals surface area contributed by atoms with Crippen LogP contribution in [0.1, 0.15) is 38.4 Å². The Morgan fingerprint density at radius 1 is 1.56 bits per heavy atom. The van der Waals surface area contributed by atoms with Crippen molar-refractivity contribution in [2.45, 2.75) is 38.4 Å². The second kappa shape index (κ2) is 4.45. The van der Waals surface area contributed by atoms with Crippen LogP contribution in [0.5, 0.6) is 0 Å². The zero-order chi connectivity index (χ0) is 13.3. The van der Waals surface area contributed by atoms with Gasteiger partial charge in [-0.15, -0.1) is 0 Å². The number of carbonyl (C=O) groups excluding carboxylic acids is 1. The van der Waals surface area contributed by atoms with Crippen LogP contribution >= 0.6 is 0 Å². The average Bonchev–Trinajstić information content (AvgIpc) is 2.26. The molecule has 1 aromatic heterocycles. The molecule has 6 nitrogen and oxygen atoms in total. The molecule has 2 rings (SSSR count). The lowest BCUT2D eigenvalue weighted by Crippen LogP contribution is -2.36. The quantitative estimate of drug-likeness (QED) is 0.593. The molecule has 0 amide bonds. The van der Waals surface area contributed by atoms with E-state index in [-0.39, 0.29) is 17.9 Å². The summed E-state index contributed by atoms with van der Waals surface area (Å²) in [6.45, 7) is 3.62. The number of Topliss-reactive ketones (excluding diaryl/α,β-unsaturated/α-hetero) is 1. The van der Waals surface area contributed by atoms with Gasteiger partial charge in [0.25, 0.3) is 5.69 Å². The summed E-state index contributed by atoms with van der Waals surface area (Å²) in [7, 11) is 0. The smallest absolute Gasteiger partial charge is 0.293 e. The second-order valence-corrected chi connectivity index (χ2v) is 4.98. The first-order valence-corrected chi connectivity index (χ1v) is 5.67. The maximum absolute atomic E-state index is 11.7. The lowest BCUT2D eigenvalue weighted by atomic mass is 9.91. The topological polar surface area (TPSA) is 82.3 Å². The summed E-state index contributed by atoms with van der Waals surface area (Å²) in [5, 5.41) is 10.9. The van der Waals surface area contributed by atoms with Crippen LogP contribution in [0.4, 0.5) is 5.69 Å². The monoisotopic (exact) mass is 250 g/mol. The summed E-state index contributed by atoms with van der Waals surface area (Å²) in [5.74, 6) is 0.0577. The molecule has 0 radical (unpaired) electrons. The van der Waals surface area contributed by atoms with Crippen molar-refractivity contribution in [2.75, 3.05) is 0 Å². The Kier molecular flexibility index (Phi) is 3.13. The summed E-state index contributed by atoms with van der Waals surface area (Å²) in [5.41, 5.74) is -0.277. The van der Waals surface area contributed by atoms with E-state index >= 15 is 0 Å². The summed E-state index contributed by atoms with van der Waals surface area (Å²) in [4.78, 5) is 25.8. The van der Waals surface area contributed by atoms with Crippen molar-refractivity contribution in [1.29, 1.82) is 0 Å². The van der Waals surface area contributed by atoms with Crippen LogP contribution in [0.15, 0.2) is 18.5 Å². The predicted molar refractivity (Wildman–Crippen MR) is 63.0 cm³/mol. The fourth-order valence-corrected chi connectivity index (χ4v) is 2.22. The van der Waals surface area contributed by atoms with Gasteiger partial charge in [-0.3, -0.25) is 19.9 Å². The van der Waals surface area contributed by atoms with E-state index in [9.17, 15) is 14.9 Å². The van der Waals surface area contributed by atoms with Gasteiger partial charge in [0.15, 0.2) is 0 Å². The first-order valence-electron chi connectivity index (χ1n) is 5.67. The standard InChI is InChI=1S/C12H14N2O4/c1-12(2)6-8(15)5-11(18-12)9-3-4-13-7-10(9)14(16)17/h3-4,7,11H,5-6H2,1-2H3. The van der Waals surface area contributed by atoms with Crippen LogP contribution in [0, 0.1) is 10.1 Å². The summed E-state index contributed by atoms with van der Waals surface area (Å²) < 4.78 is 5.77. The van der Waals surface area contributed by atoms with E-state index in [0.29, 0.717) is 12.0 Å². The number of carbonyl (C=O) groups is 1. The molecule has 0 aromatic carbocycles. The first-order chi connectivity index (χ1) is 8.39. The van der Waals surface area contributed by atoms with Crippen LogP contribution in [0.25, 0.3) is 0 Å². The van der Waals surface area contributed by atoms with E-state index < -0.39 is 16.6 Å². The number of nitrogens with zero attached hydrogens (tertiary/aromatic N) is 2. The van der Waals surface area contributed by atoms with Crippen LogP contribution in [0.3, 0.4) is 0 Å². The maximum atomic E-state index is 11.7. The highest BCUT2D eigenvalue weighted by Crippen LogP contribution is 2.38. The molecule has 96 valence electrons. The van der Waals surface area contributed by atoms with E-state index in [1.54, 1.807) is 0 Å². The SMILES string of the molecule is CC1(C)CC(=O)CC(c2ccncc2[N+](=O)[O-])O1. The molecule has 0 spiro atoms. The molecule has 0 saturated carbocycles. The largest absolute Gasteiger partial charge is 0.366 e. The Labute approximate surface area is 104 Å². The highest BCUT2D eigenvalue weighted by atomic mass is 16.6. The molecule has 1 aromatic rings. The Bertz CT molecular complexity index is 499. The second-order valence-electron chi connectivity index (χ2n) is 4.98. The molecule has 0 N–H and O–H groups in total. The highest BCUT2D eigenvalue weighted by Gasteiger charge is 2.36. The Morgan fingerprint density at radius 2 is 2.28 bits per heavy atom. The molecule has 0 bridgehead atoms. The molecule has 1 aliphatic heterocycles. The molecule has 0 aliphatic carbocycles. The van der Waals surface area contributed by atoms with Gasteiger partial charge in [-0.25, -0.2) is 0 Å². The van der Waals surface area contributed by atoms with Crippen LogP contribution in [0.2, 0.25) is 0 Å². The van der Waals surface area contributed by atoms with E-state index in [4.69, 9.17) is 4.74 Å². The van der Waals surface area contributed by atoms with Gasteiger partial charge in [-0.1, -0.05) is 0 Å². The number of pyridine rings is 1. The van der Waals surface area contributed by atoms with Gasteiger partial charge < -0.3 is 4.74 Å². The van der Waals surface area contributed by atoms with Gasteiger partial charge in [0, 0.05) is 19.0 Å². The highest BCUT2D eigenvalue weighted by molar-refractivity contribution is 5.81. The van der Waals surface area contributed by atoms with Crippen molar-refractivity contribution in [3.05, 3.63) is 34.1 Å². The number of rotatable bonds is 2. The maximum Gasteiger partial charge on any atom is 0.293 e. The summed E-state index contributed by atoms with van der Waals surface area (Å²) in [6, 6.07) is 1.54. The number of ketones is 1. The van der Waals surface area contributed by atoms with E-state index in [0.717, 1.165) is 0 Å². The Morgan fingerprint density at radius 3 is 2.89 bits per heavy atom. The van der Waals surface area contributed by atoms with Crippen molar-refractivity contribution in [3.63, 3.8) is 0 Å². The minimum Gasteiger partial charge on any atom is -0.366 e. The molecular formula is C12H14N2O4. The zero-order valence-corrected chi connectivity index (χ0v) is 10.3. The normalized spacial score (nSPS) is 22.8. The molecule has 1 atom stereocenters. The molecule has 2 heterocycles. The van der Waals surface area contributed by atoms with Crippen LogP contribution in [-0.2, 0) is 9.53 Å². The molecule has 1 unspecified atom stereocenters. The van der Waals surface area contributed by atoms with Crippen LogP contribution < -0.4 is 0 Å². The lowest BCUT2D eigenvalue weighted by molar-refractivity contribution is -0.386. The zero-order valence-electron chi connectivity index (χ0n) is 10.3. The molecule has 1 saturated heterocycles. The van der Waals surface area contributed by atoms with Gasteiger partial charge in [0.05, 0.1) is 22.2 Å². The molecule has 1 fully saturated rings. The van der Waals surface area contributed by atoms with Crippen LogP contribution in [-0.4, -0.2) is 21.3 Å². The van der Waals surface area contributed by atoms with Crippen molar-refractivity contribution >= 4 is 11.5 Å². The third-order valence-electron chi connectivity index (χ3n) is 2.87. The van der Waals surface area contributed by atoms with Gasteiger partial charge >= 0.3 is 0 Å².